The van der Waals surface area contributed by atoms with Gasteiger partial charge in [-0.15, -0.1) is 0 Å². The number of nitrogens with one attached hydrogen (secondary N) is 1. The van der Waals surface area contributed by atoms with E-state index < -0.39 is 0 Å². The smallest absolute Gasteiger partial charge is 0.0546 e. The molecule has 0 aliphatic heterocycles. The first-order valence-corrected chi connectivity index (χ1v) is 2.13. The molecule has 0 saturated heterocycles. The average Bonchev–Trinajstić information content (AvgIpc) is 2.19. The maximum Gasteiger partial charge on any atom is 0.0546 e. The van der Waals surface area contributed by atoms with Crippen LogP contribution in [0.5, 0.6) is 0 Å². The molecule has 1 unspecified atom stereocenters. The molecule has 1 aliphatic rings. The van der Waals surface area contributed by atoms with Crippen LogP contribution in [0.1, 0.15) is 6.42 Å². The summed E-state index contributed by atoms with van der Waals surface area (Å²) in [6.07, 6.45) is 1.08. The molecular formula is C4H9N2. The summed E-state index contributed by atoms with van der Waals surface area (Å²) in [4.78, 5) is 0. The van der Waals surface area contributed by atoms with Gasteiger partial charge in [-0.05, 0) is 13.5 Å². The maximum absolute atomic E-state index is 5.38. The summed E-state index contributed by atoms with van der Waals surface area (Å²) in [5.74, 6) is 0. The quantitative estimate of drug-likeness (QED) is 0.449. The van der Waals surface area contributed by atoms with Crippen LogP contribution >= 0.6 is 0 Å². The molecule has 0 amide bonds. The Kier molecular flexibility index (Phi) is 0.821. The van der Waals surface area contributed by atoms with Crippen molar-refractivity contribution in [2.45, 2.75) is 12.5 Å². The second kappa shape index (κ2) is 1.21. The van der Waals surface area contributed by atoms with Gasteiger partial charge in [-0.2, -0.15) is 0 Å². The van der Waals surface area contributed by atoms with Crippen molar-refractivity contribution < 1.29 is 0 Å². The van der Waals surface area contributed by atoms with Gasteiger partial charge in [-0.25, -0.2) is 0 Å². The lowest BCUT2D eigenvalue weighted by molar-refractivity contribution is 0.913. The van der Waals surface area contributed by atoms with Gasteiger partial charge in [0.15, 0.2) is 0 Å². The molecule has 1 radical (unpaired) electrons. The maximum atomic E-state index is 5.38. The fourth-order valence-corrected chi connectivity index (χ4v) is 0.465. The second-order valence-electron chi connectivity index (χ2n) is 1.59. The molecule has 3 N–H and O–H groups in total. The zero-order valence-electron chi connectivity index (χ0n) is 3.86. The van der Waals surface area contributed by atoms with E-state index in [0.29, 0.717) is 6.04 Å². The number of likely N-dealkylation sites (N-methyl/N-ethyl adjacent to an activating group) is 1. The van der Waals surface area contributed by atoms with Crippen LogP contribution in [0.2, 0.25) is 0 Å². The van der Waals surface area contributed by atoms with Crippen molar-refractivity contribution in [3.8, 4) is 0 Å². The van der Waals surface area contributed by atoms with Crippen molar-refractivity contribution in [2.75, 3.05) is 7.05 Å². The molecule has 35 valence electrons. The lowest BCUT2D eigenvalue weighted by Gasteiger charge is -1.83. The Balaban J connectivity index is 2.09. The van der Waals surface area contributed by atoms with Crippen LogP contribution < -0.4 is 11.1 Å². The van der Waals surface area contributed by atoms with Crippen LogP contribution in [0, 0.1) is 6.04 Å². The Morgan fingerprint density at radius 2 is 2.50 bits per heavy atom. The normalized spacial score (nSPS) is 34.0. The molecule has 6 heavy (non-hydrogen) atoms. The van der Waals surface area contributed by atoms with Crippen LogP contribution in [0.15, 0.2) is 0 Å². The van der Waals surface area contributed by atoms with E-state index in [1.807, 2.05) is 7.05 Å². The van der Waals surface area contributed by atoms with Gasteiger partial charge in [0.25, 0.3) is 0 Å². The topological polar surface area (TPSA) is 38.0 Å². The highest BCUT2D eigenvalue weighted by molar-refractivity contribution is 5.14. The minimum absolute atomic E-state index is 0.370. The highest BCUT2D eigenvalue weighted by Gasteiger charge is 2.32. The molecule has 0 aromatic carbocycles. The first-order chi connectivity index (χ1) is 2.84. The predicted octanol–water partition coefficient (Wildman–Crippen LogP) is -0.531. The number of hydrogen-bond donors (Lipinski definition) is 2. The first kappa shape index (κ1) is 4.09. The van der Waals surface area contributed by atoms with Gasteiger partial charge in [0.1, 0.15) is 0 Å². The van der Waals surface area contributed by atoms with E-state index in [2.05, 4.69) is 5.32 Å². The number of hydrogen-bond acceptors (Lipinski definition) is 2. The zero-order chi connectivity index (χ0) is 4.57. The van der Waals surface area contributed by atoms with Gasteiger partial charge >= 0.3 is 0 Å². The van der Waals surface area contributed by atoms with Crippen molar-refractivity contribution in [2.24, 2.45) is 5.73 Å². The standard InChI is InChI=1S/C4H9N2/c1-6-4-2-3(4)5/h3,6H,2,5H2,1H3. The highest BCUT2D eigenvalue weighted by atomic mass is 15.0. The Hall–Kier alpha value is -0.0800. The summed E-state index contributed by atoms with van der Waals surface area (Å²) < 4.78 is 0. The van der Waals surface area contributed by atoms with Crippen molar-refractivity contribution in [3.63, 3.8) is 0 Å². The lowest BCUT2D eigenvalue weighted by atomic mass is 10.7. The molecule has 1 saturated carbocycles. The summed E-state index contributed by atoms with van der Waals surface area (Å²) in [7, 11) is 1.90. The highest BCUT2D eigenvalue weighted by Crippen LogP contribution is 2.25. The SMILES string of the molecule is CN[C]1CC1N. The Labute approximate surface area is 37.7 Å². The van der Waals surface area contributed by atoms with Crippen LogP contribution in [0.3, 0.4) is 0 Å². The molecule has 1 atom stereocenters. The van der Waals surface area contributed by atoms with Crippen molar-refractivity contribution in [3.05, 3.63) is 6.04 Å². The molecule has 2 nitrogen and oxygen atoms in total. The van der Waals surface area contributed by atoms with E-state index in [0.717, 1.165) is 6.42 Å². The van der Waals surface area contributed by atoms with Gasteiger partial charge < -0.3 is 11.1 Å². The molecule has 0 bridgehead atoms. The van der Waals surface area contributed by atoms with Crippen LogP contribution in [-0.2, 0) is 0 Å². The number of rotatable bonds is 1. The van der Waals surface area contributed by atoms with Gasteiger partial charge in [0, 0.05) is 6.04 Å². The average molecular weight is 85.1 g/mol. The van der Waals surface area contributed by atoms with Crippen molar-refractivity contribution in [1.29, 1.82) is 0 Å². The van der Waals surface area contributed by atoms with E-state index in [1.54, 1.807) is 0 Å². The molecule has 0 aromatic rings. The van der Waals surface area contributed by atoms with E-state index in [4.69, 9.17) is 5.73 Å². The van der Waals surface area contributed by atoms with E-state index >= 15 is 0 Å². The summed E-state index contributed by atoms with van der Waals surface area (Å²) >= 11 is 0. The summed E-state index contributed by atoms with van der Waals surface area (Å²) in [5, 5.41) is 2.98. The lowest BCUT2D eigenvalue weighted by Crippen LogP contribution is -2.10. The minimum atomic E-state index is 0.370. The first-order valence-electron chi connectivity index (χ1n) is 2.13. The van der Waals surface area contributed by atoms with Crippen LogP contribution in [-0.4, -0.2) is 13.1 Å². The molecule has 1 aliphatic carbocycles. The monoisotopic (exact) mass is 85.1 g/mol. The zero-order valence-corrected chi connectivity index (χ0v) is 3.86. The van der Waals surface area contributed by atoms with Gasteiger partial charge in [-0.3, -0.25) is 0 Å². The van der Waals surface area contributed by atoms with Crippen LogP contribution in [0.4, 0.5) is 0 Å². The molecule has 1 fully saturated rings. The summed E-state index contributed by atoms with van der Waals surface area (Å²) in [6.45, 7) is 0. The largest absolute Gasteiger partial charge is 0.326 e. The third-order valence-corrected chi connectivity index (χ3v) is 1.05. The molecule has 2 heteroatoms. The van der Waals surface area contributed by atoms with Gasteiger partial charge in [0.2, 0.25) is 0 Å². The third-order valence-electron chi connectivity index (χ3n) is 1.05. The molecule has 0 spiro atoms. The Morgan fingerprint density at radius 1 is 2.00 bits per heavy atom. The fraction of sp³-hybridized carbons (Fsp3) is 0.750. The van der Waals surface area contributed by atoms with E-state index in [1.165, 1.54) is 6.04 Å². The molecule has 0 heterocycles. The van der Waals surface area contributed by atoms with Crippen molar-refractivity contribution >= 4 is 0 Å². The Bertz CT molecular complexity index is 51.5. The third kappa shape index (κ3) is 0.533. The van der Waals surface area contributed by atoms with Gasteiger partial charge in [-0.1, -0.05) is 0 Å². The summed E-state index contributed by atoms with van der Waals surface area (Å²) in [6, 6.07) is 1.66. The number of nitrogens with two attached hydrogens (primary N) is 1. The minimum Gasteiger partial charge on any atom is -0.326 e. The van der Waals surface area contributed by atoms with Crippen molar-refractivity contribution in [1.82, 2.24) is 5.32 Å². The molecular weight excluding hydrogens is 76.1 g/mol. The fourth-order valence-electron chi connectivity index (χ4n) is 0.465. The van der Waals surface area contributed by atoms with E-state index in [-0.39, 0.29) is 0 Å². The van der Waals surface area contributed by atoms with E-state index in [9.17, 15) is 0 Å². The Morgan fingerprint density at radius 3 is 2.50 bits per heavy atom. The second-order valence-corrected chi connectivity index (χ2v) is 1.59. The van der Waals surface area contributed by atoms with Crippen LogP contribution in [0.25, 0.3) is 0 Å². The molecule has 1 rings (SSSR count). The molecule has 0 aromatic heterocycles. The van der Waals surface area contributed by atoms with Gasteiger partial charge in [0.05, 0.1) is 6.04 Å². The summed E-state index contributed by atoms with van der Waals surface area (Å²) in [5.41, 5.74) is 5.38. The predicted molar refractivity (Wildman–Crippen MR) is 24.9 cm³/mol.